The molecule has 34 heavy (non-hydrogen) atoms. The Labute approximate surface area is 211 Å². The minimum absolute atomic E-state index is 0.301. The summed E-state index contributed by atoms with van der Waals surface area (Å²) in [5, 5.41) is 0. The Hall–Kier alpha value is -2.34. The largest absolute Gasteiger partial charge is 0.0696 e. The lowest BCUT2D eigenvalue weighted by Gasteiger charge is -2.33. The molecule has 0 aromatic carbocycles. The minimum atomic E-state index is 0.301. The summed E-state index contributed by atoms with van der Waals surface area (Å²) in [5.74, 6) is 0. The van der Waals surface area contributed by atoms with Crippen molar-refractivity contribution in [2.45, 2.75) is 93.9 Å². The van der Waals surface area contributed by atoms with Gasteiger partial charge in [0.25, 0.3) is 0 Å². The number of allylic oxidation sites excluding steroid dienone is 18. The zero-order valence-electron chi connectivity index (χ0n) is 23.2. The molecule has 0 saturated heterocycles. The minimum Gasteiger partial charge on any atom is -0.0696 e. The van der Waals surface area contributed by atoms with Gasteiger partial charge in [-0.05, 0) is 88.2 Å². The summed E-state index contributed by atoms with van der Waals surface area (Å²) in [6, 6.07) is 0. The lowest BCUT2D eigenvalue weighted by molar-refractivity contribution is 0.376. The number of rotatable bonds is 8. The van der Waals surface area contributed by atoms with Crippen molar-refractivity contribution in [3.05, 3.63) is 106 Å². The van der Waals surface area contributed by atoms with Crippen molar-refractivity contribution >= 4 is 0 Å². The fraction of sp³-hybridized carbons (Fsp3) is 0.471. The van der Waals surface area contributed by atoms with Crippen LogP contribution in [0.5, 0.6) is 0 Å². The molecule has 0 aromatic heterocycles. The smallest absolute Gasteiger partial charge is 0.0104 e. The quantitative estimate of drug-likeness (QED) is 0.319. The van der Waals surface area contributed by atoms with Crippen LogP contribution in [0.2, 0.25) is 0 Å². The maximum Gasteiger partial charge on any atom is -0.0104 e. The topological polar surface area (TPSA) is 0 Å². The summed E-state index contributed by atoms with van der Waals surface area (Å²) in [5.41, 5.74) is 9.30. The van der Waals surface area contributed by atoms with Crippen LogP contribution in [-0.4, -0.2) is 0 Å². The number of hydrogen-bond donors (Lipinski definition) is 0. The Morgan fingerprint density at radius 2 is 0.941 bits per heavy atom. The van der Waals surface area contributed by atoms with Crippen molar-refractivity contribution in [2.24, 2.45) is 10.8 Å². The van der Waals surface area contributed by atoms with Crippen LogP contribution in [-0.2, 0) is 0 Å². The predicted molar refractivity (Wildman–Crippen MR) is 154 cm³/mol. The molecule has 0 fully saturated rings. The molecule has 0 radical (unpaired) electrons. The van der Waals surface area contributed by atoms with Crippen LogP contribution in [0.4, 0.5) is 0 Å². The molecule has 0 nitrogen and oxygen atoms in total. The lowest BCUT2D eigenvalue weighted by atomic mass is 9.72. The fourth-order valence-corrected chi connectivity index (χ4v) is 5.23. The molecule has 0 saturated carbocycles. The van der Waals surface area contributed by atoms with Gasteiger partial charge in [-0.1, -0.05) is 123 Å². The highest BCUT2D eigenvalue weighted by atomic mass is 14.3. The van der Waals surface area contributed by atoms with E-state index in [1.54, 1.807) is 11.1 Å². The van der Waals surface area contributed by atoms with Crippen LogP contribution in [0.3, 0.4) is 0 Å². The molecule has 0 amide bonds. The maximum atomic E-state index is 2.37. The predicted octanol–water partition coefficient (Wildman–Crippen LogP) is 10.7. The fourth-order valence-electron chi connectivity index (χ4n) is 5.23. The highest BCUT2D eigenvalue weighted by Gasteiger charge is 2.27. The Bertz CT molecular complexity index is 891. The third-order valence-electron chi connectivity index (χ3n) is 7.38. The van der Waals surface area contributed by atoms with Gasteiger partial charge in [0.05, 0.1) is 0 Å². The zero-order valence-corrected chi connectivity index (χ0v) is 23.2. The molecule has 0 heteroatoms. The Morgan fingerprint density at radius 1 is 0.588 bits per heavy atom. The standard InChI is InChI=1S/C34H48/c1-27(21-23-31-29(3)19-15-25-33(31,5)6)17-13-11-9-10-12-14-18-28(2)22-24-32-30(4)20-16-26-34(32,7)8/h9-14,17-18,21-24H,15-16,19-20,25-26H2,1-8H3/b10-9+,13-11+,14-12+,23-21+,24-22+,27-17+,28-18+. The van der Waals surface area contributed by atoms with Gasteiger partial charge in [-0.25, -0.2) is 0 Å². The van der Waals surface area contributed by atoms with Gasteiger partial charge < -0.3 is 0 Å². The second kappa shape index (κ2) is 12.9. The van der Waals surface area contributed by atoms with Gasteiger partial charge in [0, 0.05) is 0 Å². The molecule has 0 heterocycles. The van der Waals surface area contributed by atoms with E-state index in [0.717, 1.165) is 0 Å². The second-order valence-corrected chi connectivity index (χ2v) is 11.5. The summed E-state index contributed by atoms with van der Waals surface area (Å²) in [6.07, 6.45) is 33.8. The van der Waals surface area contributed by atoms with Gasteiger partial charge in [-0.2, -0.15) is 0 Å². The zero-order chi connectivity index (χ0) is 25.2. The van der Waals surface area contributed by atoms with E-state index < -0.39 is 0 Å². The molecular formula is C34H48. The highest BCUT2D eigenvalue weighted by Crippen LogP contribution is 2.41. The molecule has 2 aliphatic rings. The summed E-state index contributed by atoms with van der Waals surface area (Å²) >= 11 is 0. The summed E-state index contributed by atoms with van der Waals surface area (Å²) < 4.78 is 0. The first-order valence-corrected chi connectivity index (χ1v) is 13.1. The summed E-state index contributed by atoms with van der Waals surface area (Å²) in [4.78, 5) is 0. The molecule has 2 aliphatic carbocycles. The average molecular weight is 457 g/mol. The third-order valence-corrected chi connectivity index (χ3v) is 7.38. The highest BCUT2D eigenvalue weighted by molar-refractivity contribution is 5.38. The van der Waals surface area contributed by atoms with Crippen LogP contribution in [0.1, 0.15) is 93.9 Å². The molecular weight excluding hydrogens is 408 g/mol. The molecule has 184 valence electrons. The molecule has 0 aromatic rings. The van der Waals surface area contributed by atoms with Crippen LogP contribution in [0, 0.1) is 10.8 Å². The van der Waals surface area contributed by atoms with Crippen molar-refractivity contribution in [1.29, 1.82) is 0 Å². The van der Waals surface area contributed by atoms with Crippen LogP contribution in [0.15, 0.2) is 106 Å². The van der Waals surface area contributed by atoms with E-state index in [-0.39, 0.29) is 0 Å². The van der Waals surface area contributed by atoms with Crippen LogP contribution < -0.4 is 0 Å². The Balaban J connectivity index is 1.86. The van der Waals surface area contributed by atoms with Crippen LogP contribution in [0.25, 0.3) is 0 Å². The van der Waals surface area contributed by atoms with Crippen LogP contribution >= 0.6 is 0 Å². The van der Waals surface area contributed by atoms with Crippen molar-refractivity contribution in [1.82, 2.24) is 0 Å². The number of hydrogen-bond acceptors (Lipinski definition) is 0. The summed E-state index contributed by atoms with van der Waals surface area (Å²) in [6.45, 7) is 18.4. The Morgan fingerprint density at radius 3 is 1.29 bits per heavy atom. The van der Waals surface area contributed by atoms with E-state index in [2.05, 4.69) is 128 Å². The van der Waals surface area contributed by atoms with Gasteiger partial charge >= 0.3 is 0 Å². The van der Waals surface area contributed by atoms with E-state index in [0.29, 0.717) is 10.8 Å². The van der Waals surface area contributed by atoms with E-state index in [1.807, 2.05) is 0 Å². The monoisotopic (exact) mass is 456 g/mol. The van der Waals surface area contributed by atoms with Gasteiger partial charge in [0.2, 0.25) is 0 Å². The van der Waals surface area contributed by atoms with E-state index in [9.17, 15) is 0 Å². The average Bonchev–Trinajstić information content (AvgIpc) is 2.74. The van der Waals surface area contributed by atoms with Gasteiger partial charge in [0.15, 0.2) is 0 Å². The van der Waals surface area contributed by atoms with E-state index in [4.69, 9.17) is 0 Å². The molecule has 0 spiro atoms. The van der Waals surface area contributed by atoms with Crippen molar-refractivity contribution in [2.75, 3.05) is 0 Å². The van der Waals surface area contributed by atoms with E-state index in [1.165, 1.54) is 60.8 Å². The molecule has 0 bridgehead atoms. The lowest BCUT2D eigenvalue weighted by Crippen LogP contribution is -2.19. The third kappa shape index (κ3) is 8.79. The van der Waals surface area contributed by atoms with Gasteiger partial charge in [-0.3, -0.25) is 0 Å². The SMILES string of the molecule is CC1=C(/C=C/C(C)=C/C=C/C=C/C=C/C=C(C)/C=C/C2=C(C)CCCC2(C)C)C(C)(C)CCC1. The Kier molecular flexibility index (Phi) is 10.6. The maximum absolute atomic E-state index is 2.37. The van der Waals surface area contributed by atoms with Gasteiger partial charge in [-0.15, -0.1) is 0 Å². The molecule has 0 aliphatic heterocycles. The van der Waals surface area contributed by atoms with Crippen molar-refractivity contribution < 1.29 is 0 Å². The second-order valence-electron chi connectivity index (χ2n) is 11.5. The molecule has 0 N–H and O–H groups in total. The summed E-state index contributed by atoms with van der Waals surface area (Å²) in [7, 11) is 0. The normalized spacial score (nSPS) is 22.6. The van der Waals surface area contributed by atoms with Crippen molar-refractivity contribution in [3.63, 3.8) is 0 Å². The molecule has 2 rings (SSSR count). The first kappa shape index (κ1) is 27.9. The van der Waals surface area contributed by atoms with Gasteiger partial charge in [0.1, 0.15) is 0 Å². The molecule has 0 atom stereocenters. The molecule has 0 unspecified atom stereocenters. The van der Waals surface area contributed by atoms with Crippen molar-refractivity contribution in [3.8, 4) is 0 Å². The van der Waals surface area contributed by atoms with E-state index >= 15 is 0 Å². The first-order chi connectivity index (χ1) is 16.0. The first-order valence-electron chi connectivity index (χ1n) is 13.1.